The van der Waals surface area contributed by atoms with Crippen molar-refractivity contribution >= 4 is 0 Å². The highest BCUT2D eigenvalue weighted by molar-refractivity contribution is 5.29. The van der Waals surface area contributed by atoms with E-state index in [2.05, 4.69) is 17.1 Å². The summed E-state index contributed by atoms with van der Waals surface area (Å²) in [6, 6.07) is 5.41. The third kappa shape index (κ3) is 4.71. The Hall–Kier alpha value is -1.13. The first-order valence-corrected chi connectivity index (χ1v) is 5.73. The molecule has 1 atom stereocenters. The van der Waals surface area contributed by atoms with Crippen molar-refractivity contribution in [2.45, 2.75) is 19.5 Å². The number of hydrogen-bond donors (Lipinski definition) is 1. The second-order valence-electron chi connectivity index (χ2n) is 4.51. The maximum Gasteiger partial charge on any atom is 0.165 e. The van der Waals surface area contributed by atoms with Crippen molar-refractivity contribution in [3.63, 3.8) is 0 Å². The molecular weight excluding hydrogens is 219 g/mol. The van der Waals surface area contributed by atoms with Crippen LogP contribution in [0.4, 0.5) is 4.39 Å². The van der Waals surface area contributed by atoms with Crippen LogP contribution in [0.2, 0.25) is 0 Å². The molecule has 0 amide bonds. The average molecular weight is 240 g/mol. The monoisotopic (exact) mass is 240 g/mol. The van der Waals surface area contributed by atoms with Gasteiger partial charge in [0.2, 0.25) is 0 Å². The summed E-state index contributed by atoms with van der Waals surface area (Å²) >= 11 is 0. The van der Waals surface area contributed by atoms with Gasteiger partial charge < -0.3 is 15.0 Å². The van der Waals surface area contributed by atoms with Crippen LogP contribution in [-0.2, 0) is 6.54 Å². The average Bonchev–Trinajstić information content (AvgIpc) is 2.25. The molecule has 3 nitrogen and oxygen atoms in total. The largest absolute Gasteiger partial charge is 0.494 e. The van der Waals surface area contributed by atoms with Gasteiger partial charge in [0.05, 0.1) is 7.11 Å². The molecule has 1 aromatic carbocycles. The van der Waals surface area contributed by atoms with Crippen molar-refractivity contribution in [1.29, 1.82) is 0 Å². The molecule has 0 radical (unpaired) electrons. The van der Waals surface area contributed by atoms with Gasteiger partial charge in [-0.25, -0.2) is 4.39 Å². The van der Waals surface area contributed by atoms with Gasteiger partial charge in [0, 0.05) is 19.1 Å². The maximum absolute atomic E-state index is 13.4. The number of nitrogens with one attached hydrogen (secondary N) is 1. The molecule has 1 N–H and O–H groups in total. The zero-order valence-corrected chi connectivity index (χ0v) is 11.0. The van der Waals surface area contributed by atoms with Crippen molar-refractivity contribution in [3.8, 4) is 5.75 Å². The number of halogens is 1. The Morgan fingerprint density at radius 2 is 2.12 bits per heavy atom. The zero-order valence-electron chi connectivity index (χ0n) is 11.0. The second-order valence-corrected chi connectivity index (χ2v) is 4.51. The highest BCUT2D eigenvalue weighted by Crippen LogP contribution is 2.17. The number of hydrogen-bond acceptors (Lipinski definition) is 3. The van der Waals surface area contributed by atoms with Crippen molar-refractivity contribution < 1.29 is 9.13 Å². The lowest BCUT2D eigenvalue weighted by molar-refractivity contribution is 0.348. The van der Waals surface area contributed by atoms with Crippen LogP contribution >= 0.6 is 0 Å². The third-order valence-electron chi connectivity index (χ3n) is 2.51. The molecule has 1 unspecified atom stereocenters. The van der Waals surface area contributed by atoms with Crippen LogP contribution in [0.25, 0.3) is 0 Å². The minimum Gasteiger partial charge on any atom is -0.494 e. The Kier molecular flexibility index (Phi) is 5.38. The molecule has 0 aliphatic carbocycles. The molecular formula is C13H21FN2O. The van der Waals surface area contributed by atoms with Gasteiger partial charge in [0.15, 0.2) is 11.6 Å². The van der Waals surface area contributed by atoms with E-state index in [9.17, 15) is 4.39 Å². The third-order valence-corrected chi connectivity index (χ3v) is 2.51. The Bertz CT molecular complexity index is 355. The van der Waals surface area contributed by atoms with Crippen LogP contribution in [0.1, 0.15) is 12.5 Å². The summed E-state index contributed by atoms with van der Waals surface area (Å²) < 4.78 is 18.3. The van der Waals surface area contributed by atoms with Gasteiger partial charge in [-0.2, -0.15) is 0 Å². The number of benzene rings is 1. The standard InChI is InChI=1S/C13H21FN2O/c1-10(9-16(2)3)15-8-11-5-6-13(17-4)12(14)7-11/h5-7,10,15H,8-9H2,1-4H3. The minimum atomic E-state index is -0.313. The Balaban J connectivity index is 2.49. The Morgan fingerprint density at radius 1 is 1.41 bits per heavy atom. The molecule has 0 saturated carbocycles. The van der Waals surface area contributed by atoms with E-state index in [0.717, 1.165) is 12.1 Å². The molecule has 4 heteroatoms. The van der Waals surface area contributed by atoms with E-state index in [1.807, 2.05) is 20.2 Å². The number of nitrogens with zero attached hydrogens (tertiary/aromatic N) is 1. The van der Waals surface area contributed by atoms with E-state index in [0.29, 0.717) is 12.6 Å². The van der Waals surface area contributed by atoms with E-state index in [1.54, 1.807) is 6.07 Å². The van der Waals surface area contributed by atoms with Crippen molar-refractivity contribution in [2.24, 2.45) is 0 Å². The van der Waals surface area contributed by atoms with Gasteiger partial charge in [-0.1, -0.05) is 6.07 Å². The van der Waals surface area contributed by atoms with Crippen LogP contribution in [0.5, 0.6) is 5.75 Å². The summed E-state index contributed by atoms with van der Waals surface area (Å²) in [6.07, 6.45) is 0. The molecule has 0 heterocycles. The van der Waals surface area contributed by atoms with Crippen LogP contribution in [0.15, 0.2) is 18.2 Å². The van der Waals surface area contributed by atoms with Gasteiger partial charge in [0.25, 0.3) is 0 Å². The summed E-state index contributed by atoms with van der Waals surface area (Å²) in [7, 11) is 5.53. The van der Waals surface area contributed by atoms with E-state index in [1.165, 1.54) is 13.2 Å². The summed E-state index contributed by atoms with van der Waals surface area (Å²) in [5.74, 6) is -0.0258. The van der Waals surface area contributed by atoms with E-state index in [-0.39, 0.29) is 11.6 Å². The van der Waals surface area contributed by atoms with Crippen LogP contribution in [-0.4, -0.2) is 38.7 Å². The van der Waals surface area contributed by atoms with Gasteiger partial charge in [0.1, 0.15) is 0 Å². The molecule has 96 valence electrons. The fraction of sp³-hybridized carbons (Fsp3) is 0.538. The van der Waals surface area contributed by atoms with Crippen molar-refractivity contribution in [1.82, 2.24) is 10.2 Å². The van der Waals surface area contributed by atoms with E-state index < -0.39 is 0 Å². The first-order chi connectivity index (χ1) is 8.02. The molecule has 0 aliphatic rings. The van der Waals surface area contributed by atoms with Gasteiger partial charge >= 0.3 is 0 Å². The predicted octanol–water partition coefficient (Wildman–Crippen LogP) is 1.87. The fourth-order valence-electron chi connectivity index (χ4n) is 1.72. The van der Waals surface area contributed by atoms with Crippen LogP contribution < -0.4 is 10.1 Å². The normalized spacial score (nSPS) is 12.8. The highest BCUT2D eigenvalue weighted by Gasteiger charge is 2.05. The van der Waals surface area contributed by atoms with Gasteiger partial charge in [-0.05, 0) is 38.7 Å². The Morgan fingerprint density at radius 3 is 2.65 bits per heavy atom. The number of methoxy groups -OCH3 is 1. The molecule has 0 bridgehead atoms. The molecule has 0 spiro atoms. The molecule has 0 saturated heterocycles. The number of likely N-dealkylation sites (N-methyl/N-ethyl adjacent to an activating group) is 1. The summed E-state index contributed by atoms with van der Waals surface area (Å²) in [5.41, 5.74) is 0.925. The molecule has 0 aromatic heterocycles. The van der Waals surface area contributed by atoms with Crippen molar-refractivity contribution in [2.75, 3.05) is 27.7 Å². The smallest absolute Gasteiger partial charge is 0.165 e. The maximum atomic E-state index is 13.4. The van der Waals surface area contributed by atoms with Gasteiger partial charge in [-0.15, -0.1) is 0 Å². The fourth-order valence-corrected chi connectivity index (χ4v) is 1.72. The molecule has 1 rings (SSSR count). The lowest BCUT2D eigenvalue weighted by atomic mass is 10.2. The molecule has 0 fully saturated rings. The first kappa shape index (κ1) is 13.9. The summed E-state index contributed by atoms with van der Waals surface area (Å²) in [5, 5.41) is 3.35. The molecule has 1 aromatic rings. The Labute approximate surface area is 103 Å². The molecule has 17 heavy (non-hydrogen) atoms. The summed E-state index contributed by atoms with van der Waals surface area (Å²) in [6.45, 7) is 3.73. The minimum absolute atomic E-state index is 0.287. The van der Waals surface area contributed by atoms with E-state index >= 15 is 0 Å². The van der Waals surface area contributed by atoms with Gasteiger partial charge in [-0.3, -0.25) is 0 Å². The van der Waals surface area contributed by atoms with Crippen LogP contribution in [0.3, 0.4) is 0 Å². The number of ether oxygens (including phenoxy) is 1. The first-order valence-electron chi connectivity index (χ1n) is 5.73. The van der Waals surface area contributed by atoms with E-state index in [4.69, 9.17) is 4.74 Å². The topological polar surface area (TPSA) is 24.5 Å². The molecule has 0 aliphatic heterocycles. The zero-order chi connectivity index (χ0) is 12.8. The number of rotatable bonds is 6. The van der Waals surface area contributed by atoms with Crippen LogP contribution in [0, 0.1) is 5.82 Å². The quantitative estimate of drug-likeness (QED) is 0.821. The highest BCUT2D eigenvalue weighted by atomic mass is 19.1. The SMILES string of the molecule is COc1ccc(CNC(C)CN(C)C)cc1F. The second kappa shape index (κ2) is 6.57. The lowest BCUT2D eigenvalue weighted by Gasteiger charge is -2.18. The predicted molar refractivity (Wildman–Crippen MR) is 67.8 cm³/mol. The van der Waals surface area contributed by atoms with Crippen molar-refractivity contribution in [3.05, 3.63) is 29.6 Å². The summed E-state index contributed by atoms with van der Waals surface area (Å²) in [4.78, 5) is 2.12. The lowest BCUT2D eigenvalue weighted by Crippen LogP contribution is -2.35.